The molecule has 0 amide bonds. The Balaban J connectivity index is 2.46. The van der Waals surface area contributed by atoms with Gasteiger partial charge in [0.1, 0.15) is 5.82 Å². The minimum Gasteiger partial charge on any atom is -0.278 e. The fraction of sp³-hybridized carbons (Fsp3) is 0. The second-order valence-electron chi connectivity index (χ2n) is 3.95. The number of benzene rings is 2. The zero-order valence-electron chi connectivity index (χ0n) is 10.3. The summed E-state index contributed by atoms with van der Waals surface area (Å²) in [6.07, 6.45) is 0. The number of nitrogens with one attached hydrogen (secondary N) is 1. The Labute approximate surface area is 124 Å². The molecule has 21 heavy (non-hydrogen) atoms. The Kier molecular flexibility index (Phi) is 4.10. The summed E-state index contributed by atoms with van der Waals surface area (Å²) < 4.78 is 39.4. The number of sulfonamides is 1. The number of anilines is 1. The van der Waals surface area contributed by atoms with Crippen molar-refractivity contribution < 1.29 is 17.7 Å². The van der Waals surface area contributed by atoms with Crippen molar-refractivity contribution in [2.45, 2.75) is 4.90 Å². The molecule has 0 saturated carbocycles. The third-order valence-corrected chi connectivity index (χ3v) is 4.25. The summed E-state index contributed by atoms with van der Waals surface area (Å²) in [6, 6.07) is 7.94. The molecule has 6 nitrogen and oxygen atoms in total. The van der Waals surface area contributed by atoms with Crippen LogP contribution in [0.25, 0.3) is 0 Å². The standard InChI is InChI=1S/C12H8ClFN2O4S/c13-9-7-8(14)5-6-10(9)15-21(19,20)12-4-2-1-3-11(12)16(17)18/h1-7,15H. The molecule has 0 aliphatic heterocycles. The summed E-state index contributed by atoms with van der Waals surface area (Å²) in [7, 11) is -4.22. The average molecular weight is 331 g/mol. The van der Waals surface area contributed by atoms with Gasteiger partial charge in [0.2, 0.25) is 0 Å². The molecule has 2 rings (SSSR count). The Morgan fingerprint density at radius 1 is 1.19 bits per heavy atom. The zero-order chi connectivity index (χ0) is 15.6. The van der Waals surface area contributed by atoms with Crippen LogP contribution in [-0.2, 0) is 10.0 Å². The maximum absolute atomic E-state index is 12.9. The molecule has 0 aliphatic rings. The van der Waals surface area contributed by atoms with Gasteiger partial charge in [-0.3, -0.25) is 14.8 Å². The number of para-hydroxylation sites is 1. The average Bonchev–Trinajstić information content (AvgIpc) is 2.42. The summed E-state index contributed by atoms with van der Waals surface area (Å²) in [5.41, 5.74) is -0.639. The Bertz CT molecular complexity index is 811. The van der Waals surface area contributed by atoms with Gasteiger partial charge < -0.3 is 0 Å². The fourth-order valence-corrected chi connectivity index (χ4v) is 3.13. The minimum atomic E-state index is -4.22. The first-order valence-electron chi connectivity index (χ1n) is 5.52. The lowest BCUT2D eigenvalue weighted by molar-refractivity contribution is -0.387. The molecule has 9 heteroatoms. The van der Waals surface area contributed by atoms with Crippen molar-refractivity contribution >= 4 is 33.0 Å². The van der Waals surface area contributed by atoms with Crippen LogP contribution in [0.3, 0.4) is 0 Å². The summed E-state index contributed by atoms with van der Waals surface area (Å²) >= 11 is 5.72. The van der Waals surface area contributed by atoms with Crippen LogP contribution in [0.2, 0.25) is 5.02 Å². The summed E-state index contributed by atoms with van der Waals surface area (Å²) in [4.78, 5) is 9.56. The Hall–Kier alpha value is -2.19. The van der Waals surface area contributed by atoms with E-state index in [1.807, 2.05) is 0 Å². The first kappa shape index (κ1) is 15.2. The van der Waals surface area contributed by atoms with Crippen LogP contribution >= 0.6 is 11.6 Å². The van der Waals surface area contributed by atoms with Gasteiger partial charge in [-0.1, -0.05) is 23.7 Å². The molecule has 0 fully saturated rings. The maximum Gasteiger partial charge on any atom is 0.289 e. The van der Waals surface area contributed by atoms with E-state index in [9.17, 15) is 22.9 Å². The van der Waals surface area contributed by atoms with Crippen LogP contribution in [0, 0.1) is 15.9 Å². The quantitative estimate of drug-likeness (QED) is 0.688. The number of hydrogen-bond acceptors (Lipinski definition) is 4. The largest absolute Gasteiger partial charge is 0.289 e. The van der Waals surface area contributed by atoms with Gasteiger partial charge in [0.05, 0.1) is 15.6 Å². The first-order valence-corrected chi connectivity index (χ1v) is 7.38. The lowest BCUT2D eigenvalue weighted by Gasteiger charge is -2.09. The highest BCUT2D eigenvalue weighted by molar-refractivity contribution is 7.92. The van der Waals surface area contributed by atoms with Crippen LogP contribution in [0.1, 0.15) is 0 Å². The van der Waals surface area contributed by atoms with Gasteiger partial charge in [0.15, 0.2) is 4.90 Å². The predicted molar refractivity (Wildman–Crippen MR) is 75.3 cm³/mol. The normalized spacial score (nSPS) is 11.1. The fourth-order valence-electron chi connectivity index (χ4n) is 1.61. The van der Waals surface area contributed by atoms with Gasteiger partial charge in [0.25, 0.3) is 15.7 Å². The number of rotatable bonds is 4. The zero-order valence-corrected chi connectivity index (χ0v) is 11.9. The van der Waals surface area contributed by atoms with Crippen LogP contribution < -0.4 is 4.72 Å². The monoisotopic (exact) mass is 330 g/mol. The van der Waals surface area contributed by atoms with Crippen LogP contribution in [0.15, 0.2) is 47.4 Å². The van der Waals surface area contributed by atoms with Crippen molar-refractivity contribution in [2.24, 2.45) is 0 Å². The van der Waals surface area contributed by atoms with Gasteiger partial charge >= 0.3 is 0 Å². The molecule has 0 aromatic heterocycles. The highest BCUT2D eigenvalue weighted by Gasteiger charge is 2.25. The van der Waals surface area contributed by atoms with Crippen molar-refractivity contribution in [2.75, 3.05) is 4.72 Å². The minimum absolute atomic E-state index is 0.0729. The van der Waals surface area contributed by atoms with E-state index in [0.717, 1.165) is 30.3 Å². The van der Waals surface area contributed by atoms with Gasteiger partial charge in [-0.05, 0) is 24.3 Å². The molecule has 0 spiro atoms. The van der Waals surface area contributed by atoms with E-state index in [-0.39, 0.29) is 10.7 Å². The maximum atomic E-state index is 12.9. The third-order valence-electron chi connectivity index (χ3n) is 2.53. The van der Waals surface area contributed by atoms with Crippen LogP contribution in [0.4, 0.5) is 15.8 Å². The number of hydrogen-bond donors (Lipinski definition) is 1. The van der Waals surface area contributed by atoms with E-state index in [0.29, 0.717) is 0 Å². The number of nitro groups is 1. The van der Waals surface area contributed by atoms with E-state index < -0.39 is 31.3 Å². The molecule has 0 atom stereocenters. The Morgan fingerprint density at radius 3 is 2.48 bits per heavy atom. The number of nitro benzene ring substituents is 1. The van der Waals surface area contributed by atoms with Crippen molar-refractivity contribution in [3.05, 3.63) is 63.4 Å². The second-order valence-corrected chi connectivity index (χ2v) is 6.01. The van der Waals surface area contributed by atoms with E-state index in [1.165, 1.54) is 12.1 Å². The van der Waals surface area contributed by atoms with Gasteiger partial charge in [0, 0.05) is 6.07 Å². The highest BCUT2D eigenvalue weighted by Crippen LogP contribution is 2.28. The molecule has 0 heterocycles. The third kappa shape index (κ3) is 3.29. The van der Waals surface area contributed by atoms with E-state index in [1.54, 1.807) is 0 Å². The molecule has 2 aromatic rings. The molecule has 0 unspecified atom stereocenters. The van der Waals surface area contributed by atoms with E-state index >= 15 is 0 Å². The molecule has 0 radical (unpaired) electrons. The molecule has 110 valence electrons. The van der Waals surface area contributed by atoms with E-state index in [2.05, 4.69) is 4.72 Å². The van der Waals surface area contributed by atoms with E-state index in [4.69, 9.17) is 11.6 Å². The first-order chi connectivity index (χ1) is 9.81. The van der Waals surface area contributed by atoms with Gasteiger partial charge in [-0.2, -0.15) is 0 Å². The summed E-state index contributed by atoms with van der Waals surface area (Å²) in [6.45, 7) is 0. The molecule has 1 N–H and O–H groups in total. The van der Waals surface area contributed by atoms with Crippen molar-refractivity contribution in [3.63, 3.8) is 0 Å². The smallest absolute Gasteiger partial charge is 0.278 e. The van der Waals surface area contributed by atoms with Crippen molar-refractivity contribution in [1.82, 2.24) is 0 Å². The van der Waals surface area contributed by atoms with Crippen molar-refractivity contribution in [3.8, 4) is 0 Å². The second kappa shape index (κ2) is 5.66. The molecule has 0 bridgehead atoms. The van der Waals surface area contributed by atoms with Crippen LogP contribution in [-0.4, -0.2) is 13.3 Å². The molecule has 0 aliphatic carbocycles. The summed E-state index contributed by atoms with van der Waals surface area (Å²) in [5.74, 6) is -0.631. The molecule has 2 aromatic carbocycles. The lowest BCUT2D eigenvalue weighted by atomic mass is 10.3. The highest BCUT2D eigenvalue weighted by atomic mass is 35.5. The number of nitrogens with zero attached hydrogens (tertiary/aromatic N) is 1. The van der Waals surface area contributed by atoms with Crippen molar-refractivity contribution in [1.29, 1.82) is 0 Å². The van der Waals surface area contributed by atoms with Gasteiger partial charge in [-0.15, -0.1) is 0 Å². The molecular formula is C12H8ClFN2O4S. The topological polar surface area (TPSA) is 89.3 Å². The van der Waals surface area contributed by atoms with Gasteiger partial charge in [-0.25, -0.2) is 12.8 Å². The summed E-state index contributed by atoms with van der Waals surface area (Å²) in [5, 5.41) is 10.7. The molecular weight excluding hydrogens is 323 g/mol. The number of halogens is 2. The Morgan fingerprint density at radius 2 is 1.86 bits per heavy atom. The SMILES string of the molecule is O=[N+]([O-])c1ccccc1S(=O)(=O)Nc1ccc(F)cc1Cl. The molecule has 0 saturated heterocycles. The lowest BCUT2D eigenvalue weighted by Crippen LogP contribution is -2.15. The van der Waals surface area contributed by atoms with Crippen LogP contribution in [0.5, 0.6) is 0 Å². The predicted octanol–water partition coefficient (Wildman–Crippen LogP) is 3.19.